The van der Waals surface area contributed by atoms with E-state index in [0.29, 0.717) is 0 Å². The number of carbonyl (C=O) groups excluding carboxylic acids is 1. The summed E-state index contributed by atoms with van der Waals surface area (Å²) in [7, 11) is 1.84. The van der Waals surface area contributed by atoms with Gasteiger partial charge in [-0.3, -0.25) is 0 Å². The second kappa shape index (κ2) is 7.65. The summed E-state index contributed by atoms with van der Waals surface area (Å²) in [5, 5.41) is 0. The monoisotopic (exact) mass is 297 g/mol. The van der Waals surface area contributed by atoms with Gasteiger partial charge in [0.05, 0.1) is 0 Å². The van der Waals surface area contributed by atoms with E-state index in [-0.39, 0.29) is 6.03 Å². The van der Waals surface area contributed by atoms with Gasteiger partial charge in [0.2, 0.25) is 0 Å². The maximum Gasteiger partial charge on any atom is 0.319 e. The molecule has 0 bridgehead atoms. The third kappa shape index (κ3) is 4.36. The first-order valence-corrected chi connectivity index (χ1v) is 7.73. The van der Waals surface area contributed by atoms with Gasteiger partial charge in [-0.2, -0.15) is 0 Å². The molecule has 0 radical (unpaired) electrons. The first-order valence-electron chi connectivity index (χ1n) is 7.73. The molecule has 2 heterocycles. The van der Waals surface area contributed by atoms with E-state index >= 15 is 0 Å². The molecule has 4 nitrogen and oxygen atoms in total. The predicted molar refractivity (Wildman–Crippen MR) is 88.4 cm³/mol. The molecule has 0 N–H and O–H groups in total. The summed E-state index contributed by atoms with van der Waals surface area (Å²) >= 11 is 0. The predicted octanol–water partition coefficient (Wildman–Crippen LogP) is 2.84. The minimum absolute atomic E-state index is 0.122. The number of amides is 2. The molecule has 4 heteroatoms. The maximum atomic E-state index is 12.1. The van der Waals surface area contributed by atoms with Crippen LogP contribution < -0.4 is 0 Å². The Bertz CT molecular complexity index is 615. The molecular formula is C18H23N3O. The van der Waals surface area contributed by atoms with Crippen molar-refractivity contribution in [3.05, 3.63) is 41.2 Å². The summed E-state index contributed by atoms with van der Waals surface area (Å²) in [6, 6.07) is 5.97. The van der Waals surface area contributed by atoms with Crippen LogP contribution in [0.25, 0.3) is 0 Å². The van der Waals surface area contributed by atoms with E-state index in [1.165, 1.54) is 5.57 Å². The molecule has 1 aliphatic heterocycles. The molecule has 2 amide bonds. The Balaban J connectivity index is 1.91. The minimum Gasteiger partial charge on any atom is -0.328 e. The smallest absolute Gasteiger partial charge is 0.319 e. The van der Waals surface area contributed by atoms with Crippen LogP contribution in [0.2, 0.25) is 0 Å². The highest BCUT2D eigenvalue weighted by Gasteiger charge is 2.20. The number of urea groups is 1. The highest BCUT2D eigenvalue weighted by Crippen LogP contribution is 2.16. The molecule has 0 atom stereocenters. The molecule has 2 rings (SSSR count). The number of aryl methyl sites for hydroxylation is 1. The molecule has 1 aromatic rings. The molecule has 1 aromatic heterocycles. The van der Waals surface area contributed by atoms with Crippen LogP contribution in [0, 0.1) is 18.8 Å². The molecule has 0 aliphatic carbocycles. The number of pyridine rings is 1. The fourth-order valence-electron chi connectivity index (χ4n) is 2.33. The maximum absolute atomic E-state index is 12.1. The van der Waals surface area contributed by atoms with E-state index in [2.05, 4.69) is 16.8 Å². The van der Waals surface area contributed by atoms with E-state index in [1.807, 2.05) is 50.1 Å². The zero-order valence-corrected chi connectivity index (χ0v) is 13.6. The van der Waals surface area contributed by atoms with Crippen molar-refractivity contribution in [3.63, 3.8) is 0 Å². The number of likely N-dealkylation sites (tertiary alicyclic amines) is 1. The van der Waals surface area contributed by atoms with Crippen molar-refractivity contribution in [2.75, 3.05) is 26.7 Å². The second-order valence-corrected chi connectivity index (χ2v) is 5.52. The summed E-state index contributed by atoms with van der Waals surface area (Å²) in [5.74, 6) is 6.16. The van der Waals surface area contributed by atoms with E-state index in [9.17, 15) is 4.79 Å². The van der Waals surface area contributed by atoms with Crippen molar-refractivity contribution < 1.29 is 4.79 Å². The third-order valence-corrected chi connectivity index (χ3v) is 3.84. The lowest BCUT2D eigenvalue weighted by Gasteiger charge is -2.31. The van der Waals surface area contributed by atoms with Crippen LogP contribution in [0.15, 0.2) is 29.8 Å². The van der Waals surface area contributed by atoms with Gasteiger partial charge >= 0.3 is 6.03 Å². The van der Waals surface area contributed by atoms with Crippen LogP contribution in [-0.4, -0.2) is 47.5 Å². The van der Waals surface area contributed by atoms with Crippen LogP contribution >= 0.6 is 0 Å². The van der Waals surface area contributed by atoms with Gasteiger partial charge in [0.15, 0.2) is 0 Å². The molecule has 1 aliphatic rings. The first kappa shape index (κ1) is 16.1. The van der Waals surface area contributed by atoms with Gasteiger partial charge in [-0.25, -0.2) is 9.78 Å². The fraction of sp³-hybridized carbons (Fsp3) is 0.444. The minimum atomic E-state index is 0.122. The van der Waals surface area contributed by atoms with Gasteiger partial charge in [-0.1, -0.05) is 17.6 Å². The molecule has 0 saturated carbocycles. The van der Waals surface area contributed by atoms with Crippen LogP contribution in [0.5, 0.6) is 0 Å². The SMILES string of the molecule is CCN(C)C(=O)N1CCC(=CC#Cc2cccc(C)n2)CC1. The van der Waals surface area contributed by atoms with Crippen LogP contribution in [-0.2, 0) is 0 Å². The number of carbonyl (C=O) groups is 1. The van der Waals surface area contributed by atoms with Crippen molar-refractivity contribution in [2.24, 2.45) is 0 Å². The van der Waals surface area contributed by atoms with E-state index in [0.717, 1.165) is 43.9 Å². The molecule has 0 unspecified atom stereocenters. The Morgan fingerprint density at radius 2 is 2.14 bits per heavy atom. The van der Waals surface area contributed by atoms with Gasteiger partial charge in [0, 0.05) is 32.4 Å². The number of aromatic nitrogens is 1. The lowest BCUT2D eigenvalue weighted by Crippen LogP contribution is -2.43. The first-order chi connectivity index (χ1) is 10.6. The lowest BCUT2D eigenvalue weighted by atomic mass is 10.0. The number of hydrogen-bond donors (Lipinski definition) is 0. The summed E-state index contributed by atoms with van der Waals surface area (Å²) in [6.45, 7) is 6.25. The molecular weight excluding hydrogens is 274 g/mol. The quantitative estimate of drug-likeness (QED) is 0.747. The summed E-state index contributed by atoms with van der Waals surface area (Å²) in [6.07, 6.45) is 3.79. The van der Waals surface area contributed by atoms with Crippen LogP contribution in [0.3, 0.4) is 0 Å². The highest BCUT2D eigenvalue weighted by atomic mass is 16.2. The van der Waals surface area contributed by atoms with Crippen molar-refractivity contribution in [1.82, 2.24) is 14.8 Å². The molecule has 116 valence electrons. The molecule has 1 fully saturated rings. The van der Waals surface area contributed by atoms with Crippen LogP contribution in [0.4, 0.5) is 4.79 Å². The van der Waals surface area contributed by atoms with E-state index < -0.39 is 0 Å². The normalized spacial score (nSPS) is 14.1. The Kier molecular flexibility index (Phi) is 5.60. The summed E-state index contributed by atoms with van der Waals surface area (Å²) in [5.41, 5.74) is 3.09. The Morgan fingerprint density at radius 3 is 2.77 bits per heavy atom. The number of nitrogens with zero attached hydrogens (tertiary/aromatic N) is 3. The lowest BCUT2D eigenvalue weighted by molar-refractivity contribution is 0.161. The zero-order chi connectivity index (χ0) is 15.9. The average molecular weight is 297 g/mol. The van der Waals surface area contributed by atoms with E-state index in [4.69, 9.17) is 0 Å². The molecule has 1 saturated heterocycles. The fourth-order valence-corrected chi connectivity index (χ4v) is 2.33. The number of allylic oxidation sites excluding steroid dienone is 1. The average Bonchev–Trinajstić information content (AvgIpc) is 2.54. The Labute approximate surface area is 132 Å². The van der Waals surface area contributed by atoms with Crippen molar-refractivity contribution in [1.29, 1.82) is 0 Å². The van der Waals surface area contributed by atoms with Crippen molar-refractivity contribution >= 4 is 6.03 Å². The standard InChI is InChI=1S/C18H23N3O/c1-4-20(3)18(22)21-13-11-16(12-14-21)8-6-10-17-9-5-7-15(2)19-17/h5,7-9H,4,11-14H2,1-3H3. The van der Waals surface area contributed by atoms with Gasteiger partial charge < -0.3 is 9.80 Å². The summed E-state index contributed by atoms with van der Waals surface area (Å²) < 4.78 is 0. The van der Waals surface area contributed by atoms with Gasteiger partial charge in [0.25, 0.3) is 0 Å². The van der Waals surface area contributed by atoms with Gasteiger partial charge in [-0.15, -0.1) is 0 Å². The Hall–Kier alpha value is -2.28. The topological polar surface area (TPSA) is 36.4 Å². The molecule has 0 spiro atoms. The van der Waals surface area contributed by atoms with Gasteiger partial charge in [0.1, 0.15) is 5.69 Å². The third-order valence-electron chi connectivity index (χ3n) is 3.84. The Morgan fingerprint density at radius 1 is 1.41 bits per heavy atom. The largest absolute Gasteiger partial charge is 0.328 e. The second-order valence-electron chi connectivity index (χ2n) is 5.52. The number of hydrogen-bond acceptors (Lipinski definition) is 2. The van der Waals surface area contributed by atoms with Crippen LogP contribution in [0.1, 0.15) is 31.2 Å². The summed E-state index contributed by atoms with van der Waals surface area (Å²) in [4.78, 5) is 20.1. The zero-order valence-electron chi connectivity index (χ0n) is 13.6. The van der Waals surface area contributed by atoms with Gasteiger partial charge in [-0.05, 0) is 50.8 Å². The number of rotatable bonds is 1. The number of piperidine rings is 1. The highest BCUT2D eigenvalue weighted by molar-refractivity contribution is 5.74. The molecule has 0 aromatic carbocycles. The van der Waals surface area contributed by atoms with Crippen molar-refractivity contribution in [2.45, 2.75) is 26.7 Å². The van der Waals surface area contributed by atoms with Crippen molar-refractivity contribution in [3.8, 4) is 11.8 Å². The molecule has 22 heavy (non-hydrogen) atoms. The van der Waals surface area contributed by atoms with E-state index in [1.54, 1.807) is 4.90 Å².